The van der Waals surface area contributed by atoms with E-state index in [0.29, 0.717) is 13.1 Å². The number of hydrogen-bond donors (Lipinski definition) is 2. The lowest BCUT2D eigenvalue weighted by Gasteiger charge is -1.93. The molecule has 0 saturated carbocycles. The van der Waals surface area contributed by atoms with E-state index in [0.717, 1.165) is 0 Å². The zero-order valence-corrected chi connectivity index (χ0v) is 6.40. The van der Waals surface area contributed by atoms with Crippen LogP contribution in [0.1, 0.15) is 22.2 Å². The number of amides is 1. The maximum atomic E-state index is 10.0. The Balaban J connectivity index is -0.000000149. The first-order valence-electron chi connectivity index (χ1n) is 3.22. The van der Waals surface area contributed by atoms with Crippen molar-refractivity contribution < 1.29 is 6.22 Å². The molecule has 0 aliphatic heterocycles. The van der Waals surface area contributed by atoms with Crippen molar-refractivity contribution in [1.82, 2.24) is 5.32 Å². The molecule has 0 radical (unpaired) electrons. The molecule has 0 aliphatic rings. The summed E-state index contributed by atoms with van der Waals surface area (Å²) >= 11 is 0. The highest BCUT2D eigenvalue weighted by atomic mass is 16.1. The van der Waals surface area contributed by atoms with Crippen LogP contribution in [0.15, 0.2) is 0 Å². The van der Waals surface area contributed by atoms with Crippen LogP contribution in [0.5, 0.6) is 0 Å². The van der Waals surface area contributed by atoms with Gasteiger partial charge in [0.15, 0.2) is 0 Å². The van der Waals surface area contributed by atoms with Gasteiger partial charge in [-0.2, -0.15) is 0 Å². The molecular weight excluding hydrogens is 116 g/mol. The van der Waals surface area contributed by atoms with Gasteiger partial charge in [-0.15, -0.1) is 0 Å². The van der Waals surface area contributed by atoms with Crippen molar-refractivity contribution in [2.75, 3.05) is 13.1 Å². The van der Waals surface area contributed by atoms with Gasteiger partial charge >= 0.3 is 0 Å². The van der Waals surface area contributed by atoms with Crippen LogP contribution in [0.4, 0.5) is 0 Å². The molecule has 0 saturated heterocycles. The van der Waals surface area contributed by atoms with E-state index in [2.05, 4.69) is 5.32 Å². The highest BCUT2D eigenvalue weighted by molar-refractivity contribution is 5.72. The minimum absolute atomic E-state index is 0. The highest BCUT2D eigenvalue weighted by Gasteiger charge is 1.83. The van der Waals surface area contributed by atoms with Crippen molar-refractivity contribution in [1.29, 1.82) is 0 Å². The zero-order valence-electron chi connectivity index (χ0n) is 6.40. The molecule has 0 fully saturated rings. The maximum absolute atomic E-state index is 10.0. The molecule has 9 heavy (non-hydrogen) atoms. The molecule has 1 amide bonds. The maximum Gasteiger partial charge on any atom is 0.216 e. The highest BCUT2D eigenvalue weighted by Crippen LogP contribution is 1.54. The molecule has 3 heteroatoms. The van der Waals surface area contributed by atoms with E-state index < -0.39 is 0 Å². The minimum Gasteiger partial charge on any atom is -0.355 e. The lowest BCUT2D eigenvalue weighted by molar-refractivity contribution is -0.118. The summed E-state index contributed by atoms with van der Waals surface area (Å²) in [5, 5.41) is 2.53. The minimum atomic E-state index is -0.0227. The van der Waals surface area contributed by atoms with Crippen LogP contribution in [-0.2, 0) is 4.79 Å². The molecule has 0 bridgehead atoms. The lowest BCUT2D eigenvalue weighted by atomic mass is 10.6. The standard InChI is InChI=1S/C4H10N2O.C2H6.H2/c1-4(7)6-3-2-5;1-2;/h2-3,5H2,1H3,(H,6,7);1-2H3;1H. The molecule has 0 atom stereocenters. The predicted molar refractivity (Wildman–Crippen MR) is 41.2 cm³/mol. The Kier molecular flexibility index (Phi) is 13.0. The molecular formula is C6H18N2O. The Labute approximate surface area is 58.1 Å². The summed E-state index contributed by atoms with van der Waals surface area (Å²) in [7, 11) is 0. The summed E-state index contributed by atoms with van der Waals surface area (Å²) in [6.45, 7) is 6.56. The molecule has 0 unspecified atom stereocenters. The third-order valence-corrected chi connectivity index (χ3v) is 0.518. The third-order valence-electron chi connectivity index (χ3n) is 0.518. The second kappa shape index (κ2) is 10.4. The second-order valence-corrected chi connectivity index (χ2v) is 1.27. The van der Waals surface area contributed by atoms with E-state index in [1.807, 2.05) is 13.8 Å². The fourth-order valence-corrected chi connectivity index (χ4v) is 0.248. The van der Waals surface area contributed by atoms with Crippen LogP contribution < -0.4 is 11.1 Å². The lowest BCUT2D eigenvalue weighted by Crippen LogP contribution is -2.26. The quantitative estimate of drug-likeness (QED) is 0.572. The molecule has 58 valence electrons. The van der Waals surface area contributed by atoms with E-state index in [-0.39, 0.29) is 7.33 Å². The first-order chi connectivity index (χ1) is 4.27. The number of nitrogens with one attached hydrogen (secondary N) is 1. The van der Waals surface area contributed by atoms with Gasteiger partial charge in [-0.25, -0.2) is 0 Å². The molecule has 0 spiro atoms. The van der Waals surface area contributed by atoms with Crippen LogP contribution >= 0.6 is 0 Å². The van der Waals surface area contributed by atoms with Crippen LogP contribution in [0.2, 0.25) is 0 Å². The molecule has 0 aliphatic carbocycles. The number of carbonyl (C=O) groups is 1. The SMILES string of the molecule is CC.CC(=O)NCCN.[HH]. The zero-order chi connectivity index (χ0) is 7.70. The molecule has 3 nitrogen and oxygen atoms in total. The smallest absolute Gasteiger partial charge is 0.216 e. The van der Waals surface area contributed by atoms with Gasteiger partial charge in [0.2, 0.25) is 5.91 Å². The first kappa shape index (κ1) is 11.3. The molecule has 0 heterocycles. The number of hydrogen-bond acceptors (Lipinski definition) is 2. The Morgan fingerprint density at radius 3 is 2.22 bits per heavy atom. The van der Waals surface area contributed by atoms with Crippen molar-refractivity contribution in [3.8, 4) is 0 Å². The van der Waals surface area contributed by atoms with Crippen LogP contribution in [0, 0.1) is 0 Å². The number of rotatable bonds is 2. The van der Waals surface area contributed by atoms with Gasteiger partial charge in [0, 0.05) is 21.4 Å². The summed E-state index contributed by atoms with van der Waals surface area (Å²) < 4.78 is 0. The van der Waals surface area contributed by atoms with Gasteiger partial charge in [-0.1, -0.05) is 13.8 Å². The van der Waals surface area contributed by atoms with E-state index in [1.54, 1.807) is 0 Å². The van der Waals surface area contributed by atoms with E-state index in [1.165, 1.54) is 6.92 Å². The number of carbonyl (C=O) groups excluding carboxylic acids is 1. The van der Waals surface area contributed by atoms with Crippen molar-refractivity contribution >= 4 is 5.91 Å². The molecule has 0 rings (SSSR count). The molecule has 0 aromatic heterocycles. The fourth-order valence-electron chi connectivity index (χ4n) is 0.248. The van der Waals surface area contributed by atoms with Gasteiger partial charge in [0.25, 0.3) is 0 Å². The van der Waals surface area contributed by atoms with E-state index >= 15 is 0 Å². The largest absolute Gasteiger partial charge is 0.355 e. The fraction of sp³-hybridized carbons (Fsp3) is 0.833. The van der Waals surface area contributed by atoms with Gasteiger partial charge in [-0.3, -0.25) is 4.79 Å². The summed E-state index contributed by atoms with van der Waals surface area (Å²) in [6, 6.07) is 0. The Morgan fingerprint density at radius 1 is 1.67 bits per heavy atom. The van der Waals surface area contributed by atoms with E-state index in [9.17, 15) is 4.79 Å². The Morgan fingerprint density at radius 2 is 2.11 bits per heavy atom. The van der Waals surface area contributed by atoms with Crippen LogP contribution in [-0.4, -0.2) is 19.0 Å². The second-order valence-electron chi connectivity index (χ2n) is 1.27. The summed E-state index contributed by atoms with van der Waals surface area (Å²) in [5.74, 6) is -0.0227. The third kappa shape index (κ3) is 18.6. The first-order valence-corrected chi connectivity index (χ1v) is 3.22. The van der Waals surface area contributed by atoms with Gasteiger partial charge in [0.05, 0.1) is 0 Å². The van der Waals surface area contributed by atoms with Gasteiger partial charge in [-0.05, 0) is 0 Å². The van der Waals surface area contributed by atoms with Crippen molar-refractivity contribution in [3.05, 3.63) is 0 Å². The monoisotopic (exact) mass is 134 g/mol. The van der Waals surface area contributed by atoms with E-state index in [4.69, 9.17) is 5.73 Å². The van der Waals surface area contributed by atoms with Gasteiger partial charge < -0.3 is 11.1 Å². The average molecular weight is 134 g/mol. The molecule has 0 aromatic carbocycles. The normalized spacial score (nSPS) is 7.11. The van der Waals surface area contributed by atoms with Crippen molar-refractivity contribution in [2.24, 2.45) is 5.73 Å². The Bertz CT molecular complexity index is 68.8. The average Bonchev–Trinajstić information content (AvgIpc) is 1.88. The summed E-state index contributed by atoms with van der Waals surface area (Å²) in [6.07, 6.45) is 0. The van der Waals surface area contributed by atoms with Crippen molar-refractivity contribution in [3.63, 3.8) is 0 Å². The number of nitrogens with two attached hydrogens (primary N) is 1. The molecule has 0 aromatic rings. The van der Waals surface area contributed by atoms with Gasteiger partial charge in [0.1, 0.15) is 0 Å². The molecule has 3 N–H and O–H groups in total. The summed E-state index contributed by atoms with van der Waals surface area (Å²) in [5.41, 5.74) is 5.06. The predicted octanol–water partition coefficient (Wildman–Crippen LogP) is 0.353. The Hall–Kier alpha value is -0.570. The van der Waals surface area contributed by atoms with Crippen LogP contribution in [0.25, 0.3) is 0 Å². The summed E-state index contributed by atoms with van der Waals surface area (Å²) in [4.78, 5) is 10.0. The van der Waals surface area contributed by atoms with Crippen LogP contribution in [0.3, 0.4) is 0 Å². The topological polar surface area (TPSA) is 55.1 Å². The van der Waals surface area contributed by atoms with Crippen molar-refractivity contribution in [2.45, 2.75) is 20.8 Å².